The minimum atomic E-state index is -0.813. The van der Waals surface area contributed by atoms with Crippen LogP contribution in [0, 0.1) is 0 Å². The van der Waals surface area contributed by atoms with Gasteiger partial charge in [-0.05, 0) is 89.9 Å². The van der Waals surface area contributed by atoms with E-state index in [4.69, 9.17) is 14.2 Å². The Balaban J connectivity index is 4.52. The van der Waals surface area contributed by atoms with Crippen molar-refractivity contribution in [3.05, 3.63) is 97.2 Å². The van der Waals surface area contributed by atoms with Gasteiger partial charge in [0.1, 0.15) is 13.2 Å². The van der Waals surface area contributed by atoms with Crippen molar-refractivity contribution in [3.8, 4) is 0 Å². The SMILES string of the molecule is CC/C=C\C/C=C\C/C=C\C/C=C\C/C=C\CCCC(=O)OCC(COC(=O)CCCC/C=C\C/C=C\C/C=C\CC)OC(=O)CCCCCCCCCCCCCCCC. The molecule has 0 saturated heterocycles. The van der Waals surface area contributed by atoms with Crippen LogP contribution in [0.5, 0.6) is 0 Å². The molecule has 346 valence electrons. The Hall–Kier alpha value is -3.67. The van der Waals surface area contributed by atoms with Gasteiger partial charge in [0.2, 0.25) is 0 Å². The molecule has 0 bridgehead atoms. The molecular weight excluding hydrogens is 757 g/mol. The second kappa shape index (κ2) is 49.0. The monoisotopic (exact) mass is 847 g/mol. The molecule has 0 saturated carbocycles. The van der Waals surface area contributed by atoms with Crippen LogP contribution in [0.3, 0.4) is 0 Å². The molecule has 1 atom stereocenters. The Kier molecular flexibility index (Phi) is 46.0. The molecule has 0 spiro atoms. The van der Waals surface area contributed by atoms with Gasteiger partial charge >= 0.3 is 17.9 Å². The summed E-state index contributed by atoms with van der Waals surface area (Å²) in [7, 11) is 0. The number of rotatable bonds is 43. The van der Waals surface area contributed by atoms with Crippen molar-refractivity contribution in [2.45, 2.75) is 219 Å². The maximum atomic E-state index is 12.8. The van der Waals surface area contributed by atoms with Gasteiger partial charge < -0.3 is 14.2 Å². The van der Waals surface area contributed by atoms with Gasteiger partial charge in [-0.25, -0.2) is 0 Å². The number of carbonyl (C=O) groups excluding carboxylic acids is 3. The van der Waals surface area contributed by atoms with Crippen LogP contribution in [0.25, 0.3) is 0 Å². The van der Waals surface area contributed by atoms with Crippen molar-refractivity contribution in [3.63, 3.8) is 0 Å². The maximum absolute atomic E-state index is 12.8. The van der Waals surface area contributed by atoms with E-state index in [9.17, 15) is 14.4 Å². The van der Waals surface area contributed by atoms with Gasteiger partial charge in [0.15, 0.2) is 6.10 Å². The Labute approximate surface area is 375 Å². The fraction of sp³-hybridized carbons (Fsp3) is 0.655. The molecule has 0 aromatic rings. The molecule has 0 aromatic carbocycles. The molecule has 0 N–H and O–H groups in total. The van der Waals surface area contributed by atoms with Crippen LogP contribution < -0.4 is 0 Å². The third kappa shape index (κ3) is 47.2. The van der Waals surface area contributed by atoms with Crippen LogP contribution in [0.1, 0.15) is 213 Å². The summed E-state index contributed by atoms with van der Waals surface area (Å²) in [5.41, 5.74) is 0. The molecular formula is C55H90O6. The lowest BCUT2D eigenvalue weighted by atomic mass is 10.0. The number of allylic oxidation sites excluding steroid dienone is 16. The lowest BCUT2D eigenvalue weighted by Gasteiger charge is -2.18. The second-order valence-electron chi connectivity index (χ2n) is 16.0. The van der Waals surface area contributed by atoms with Crippen molar-refractivity contribution in [2.24, 2.45) is 0 Å². The molecule has 0 heterocycles. The first-order chi connectivity index (χ1) is 30.0. The normalized spacial score (nSPS) is 12.9. The zero-order valence-electron chi connectivity index (χ0n) is 39.4. The molecule has 0 rings (SSSR count). The predicted octanol–water partition coefficient (Wildman–Crippen LogP) is 16.2. The largest absolute Gasteiger partial charge is 0.462 e. The Bertz CT molecular complexity index is 1250. The lowest BCUT2D eigenvalue weighted by Crippen LogP contribution is -2.30. The predicted molar refractivity (Wildman–Crippen MR) is 260 cm³/mol. The van der Waals surface area contributed by atoms with E-state index in [-0.39, 0.29) is 37.5 Å². The average Bonchev–Trinajstić information content (AvgIpc) is 3.26. The van der Waals surface area contributed by atoms with Gasteiger partial charge in [-0.2, -0.15) is 0 Å². The van der Waals surface area contributed by atoms with Gasteiger partial charge in [0.05, 0.1) is 0 Å². The first kappa shape index (κ1) is 57.3. The van der Waals surface area contributed by atoms with Crippen LogP contribution in [-0.4, -0.2) is 37.2 Å². The Morgan fingerprint density at radius 1 is 0.344 bits per heavy atom. The first-order valence-electron chi connectivity index (χ1n) is 24.7. The van der Waals surface area contributed by atoms with Crippen LogP contribution in [-0.2, 0) is 28.6 Å². The molecule has 6 nitrogen and oxygen atoms in total. The fourth-order valence-electron chi connectivity index (χ4n) is 6.43. The van der Waals surface area contributed by atoms with E-state index in [0.29, 0.717) is 19.3 Å². The summed E-state index contributed by atoms with van der Waals surface area (Å²) in [5.74, 6) is -1.01. The number of ether oxygens (including phenoxy) is 3. The summed E-state index contributed by atoms with van der Waals surface area (Å²) in [5, 5.41) is 0. The van der Waals surface area contributed by atoms with E-state index in [1.54, 1.807) is 0 Å². The van der Waals surface area contributed by atoms with Gasteiger partial charge in [-0.3, -0.25) is 14.4 Å². The molecule has 61 heavy (non-hydrogen) atoms. The van der Waals surface area contributed by atoms with Crippen LogP contribution in [0.2, 0.25) is 0 Å². The summed E-state index contributed by atoms with van der Waals surface area (Å²) >= 11 is 0. The number of esters is 3. The Morgan fingerprint density at radius 3 is 1.07 bits per heavy atom. The molecule has 0 aromatic heterocycles. The van der Waals surface area contributed by atoms with Crippen LogP contribution in [0.15, 0.2) is 97.2 Å². The van der Waals surface area contributed by atoms with E-state index in [1.165, 1.54) is 70.6 Å². The summed E-state index contributed by atoms with van der Waals surface area (Å²) in [6, 6.07) is 0. The van der Waals surface area contributed by atoms with Gasteiger partial charge in [0, 0.05) is 19.3 Å². The molecule has 0 fully saturated rings. The molecule has 0 amide bonds. The Morgan fingerprint density at radius 2 is 0.656 bits per heavy atom. The summed E-state index contributed by atoms with van der Waals surface area (Å²) in [6.45, 7) is 6.31. The minimum Gasteiger partial charge on any atom is -0.462 e. The highest BCUT2D eigenvalue weighted by atomic mass is 16.6. The highest BCUT2D eigenvalue weighted by Gasteiger charge is 2.19. The molecule has 0 radical (unpaired) electrons. The molecule has 6 heteroatoms. The smallest absolute Gasteiger partial charge is 0.306 e. The van der Waals surface area contributed by atoms with E-state index in [2.05, 4.69) is 118 Å². The fourth-order valence-corrected chi connectivity index (χ4v) is 6.43. The van der Waals surface area contributed by atoms with Crippen LogP contribution >= 0.6 is 0 Å². The quantitative estimate of drug-likeness (QED) is 0.0263. The molecule has 0 aliphatic carbocycles. The van der Waals surface area contributed by atoms with E-state index < -0.39 is 6.10 Å². The van der Waals surface area contributed by atoms with Gasteiger partial charge in [-0.15, -0.1) is 0 Å². The number of hydrogen-bond donors (Lipinski definition) is 0. The number of carbonyl (C=O) groups is 3. The summed E-state index contributed by atoms with van der Waals surface area (Å²) in [4.78, 5) is 37.9. The van der Waals surface area contributed by atoms with Crippen molar-refractivity contribution in [2.75, 3.05) is 13.2 Å². The van der Waals surface area contributed by atoms with Crippen molar-refractivity contribution in [1.82, 2.24) is 0 Å². The second-order valence-corrected chi connectivity index (χ2v) is 16.0. The maximum Gasteiger partial charge on any atom is 0.306 e. The van der Waals surface area contributed by atoms with Crippen molar-refractivity contribution in [1.29, 1.82) is 0 Å². The lowest BCUT2D eigenvalue weighted by molar-refractivity contribution is -0.167. The molecule has 1 unspecified atom stereocenters. The van der Waals surface area contributed by atoms with Crippen molar-refractivity contribution < 1.29 is 28.6 Å². The topological polar surface area (TPSA) is 78.9 Å². The van der Waals surface area contributed by atoms with Crippen molar-refractivity contribution >= 4 is 17.9 Å². The standard InChI is InChI=1S/C55H90O6/c1-4-7-10-13-16-19-22-25-27-28-29-31-33-36-39-42-45-48-54(57)60-51-52(50-59-53(56)47-44-41-38-35-32-24-21-18-15-12-9-6-3)61-55(58)49-46-43-40-37-34-30-26-23-20-17-14-11-8-5-2/h7,9-10,12,16,18-19,21,25,27,29,31-32,35-36,39,52H,4-6,8,11,13-15,17,20,22-24,26,28,30,33-34,37-38,40-51H2,1-3H3/b10-7-,12-9-,19-16-,21-18-,27-25-,31-29-,35-32-,39-36-. The molecule has 0 aliphatic rings. The van der Waals surface area contributed by atoms with E-state index >= 15 is 0 Å². The van der Waals surface area contributed by atoms with Gasteiger partial charge in [-0.1, -0.05) is 201 Å². The minimum absolute atomic E-state index is 0.115. The molecule has 0 aliphatic heterocycles. The van der Waals surface area contributed by atoms with Gasteiger partial charge in [0.25, 0.3) is 0 Å². The highest BCUT2D eigenvalue weighted by molar-refractivity contribution is 5.71. The third-order valence-electron chi connectivity index (χ3n) is 10.1. The van der Waals surface area contributed by atoms with E-state index in [0.717, 1.165) is 96.3 Å². The first-order valence-corrected chi connectivity index (χ1v) is 24.7. The van der Waals surface area contributed by atoms with E-state index in [1.807, 2.05) is 0 Å². The van der Waals surface area contributed by atoms with Crippen LogP contribution in [0.4, 0.5) is 0 Å². The average molecular weight is 847 g/mol. The summed E-state index contributed by atoms with van der Waals surface area (Å²) < 4.78 is 16.7. The third-order valence-corrected chi connectivity index (χ3v) is 10.1. The zero-order valence-corrected chi connectivity index (χ0v) is 39.4. The number of unbranched alkanes of at least 4 members (excludes halogenated alkanes) is 16. The highest BCUT2D eigenvalue weighted by Crippen LogP contribution is 2.14. The number of hydrogen-bond acceptors (Lipinski definition) is 6. The zero-order chi connectivity index (χ0) is 44.4. The summed E-state index contributed by atoms with van der Waals surface area (Å²) in [6.07, 6.45) is 64.0.